The summed E-state index contributed by atoms with van der Waals surface area (Å²) in [7, 11) is 0. The minimum atomic E-state index is -0.451. The fraction of sp³-hybridized carbons (Fsp3) is 0.800. The van der Waals surface area contributed by atoms with Gasteiger partial charge in [0.05, 0.1) is 5.92 Å². The summed E-state index contributed by atoms with van der Waals surface area (Å²) < 4.78 is 5.85. The van der Waals surface area contributed by atoms with Crippen molar-refractivity contribution in [2.24, 2.45) is 23.7 Å². The van der Waals surface area contributed by atoms with Crippen LogP contribution in [0.4, 0.5) is 0 Å². The van der Waals surface area contributed by atoms with Gasteiger partial charge in [-0.1, -0.05) is 13.8 Å². The van der Waals surface area contributed by atoms with Gasteiger partial charge in [-0.3, -0.25) is 10.1 Å². The zero-order valence-corrected chi connectivity index (χ0v) is 11.8. The lowest BCUT2D eigenvalue weighted by Gasteiger charge is -2.49. The molecule has 1 aliphatic heterocycles. The lowest BCUT2D eigenvalue weighted by Crippen LogP contribution is -2.52. The number of hydrogen-bond donors (Lipinski definition) is 1. The topological polar surface area (TPSA) is 55.8 Å². The van der Waals surface area contributed by atoms with Crippen molar-refractivity contribution in [1.29, 1.82) is 0 Å². The maximum absolute atomic E-state index is 12.0. The molecule has 106 valence electrons. The molecule has 0 aromatic rings. The van der Waals surface area contributed by atoms with Crippen LogP contribution in [-0.4, -0.2) is 22.9 Å². The maximum Gasteiger partial charge on any atom is 0.309 e. The number of carbonyl (C=O) groups excluding carboxylic acids is 1. The lowest BCUT2D eigenvalue weighted by molar-refractivity contribution is -0.278. The first kappa shape index (κ1) is 13.1. The van der Waals surface area contributed by atoms with Gasteiger partial charge in [0.25, 0.3) is 0 Å². The highest BCUT2D eigenvalue weighted by Gasteiger charge is 2.61. The van der Waals surface area contributed by atoms with Crippen molar-refractivity contribution >= 4 is 5.97 Å². The van der Waals surface area contributed by atoms with Gasteiger partial charge < -0.3 is 4.74 Å². The maximum atomic E-state index is 12.0. The molecule has 0 bridgehead atoms. The van der Waals surface area contributed by atoms with Crippen LogP contribution in [0.25, 0.3) is 0 Å². The molecule has 6 atom stereocenters. The Kier molecular flexibility index (Phi) is 2.98. The number of esters is 1. The van der Waals surface area contributed by atoms with Gasteiger partial charge in [0.15, 0.2) is 0 Å². The summed E-state index contributed by atoms with van der Waals surface area (Å²) in [5.74, 6) is 0.912. The second kappa shape index (κ2) is 4.32. The summed E-state index contributed by atoms with van der Waals surface area (Å²) in [6.07, 6.45) is 4.69. The Hall–Kier alpha value is -0.870. The van der Waals surface area contributed by atoms with Crippen molar-refractivity contribution in [1.82, 2.24) is 0 Å². The molecule has 1 saturated heterocycles. The fourth-order valence-corrected chi connectivity index (χ4v) is 4.46. The van der Waals surface area contributed by atoms with Gasteiger partial charge in [0, 0.05) is 11.8 Å². The first-order valence-corrected chi connectivity index (χ1v) is 7.22. The van der Waals surface area contributed by atoms with Crippen LogP contribution in [0.2, 0.25) is 0 Å². The smallest absolute Gasteiger partial charge is 0.309 e. The molecule has 3 aliphatic rings. The van der Waals surface area contributed by atoms with Crippen molar-refractivity contribution in [3.05, 3.63) is 11.6 Å². The average Bonchev–Trinajstić information content (AvgIpc) is 2.60. The molecule has 1 saturated carbocycles. The van der Waals surface area contributed by atoms with E-state index in [1.165, 1.54) is 0 Å². The lowest BCUT2D eigenvalue weighted by atomic mass is 9.58. The summed E-state index contributed by atoms with van der Waals surface area (Å²) >= 11 is 0. The van der Waals surface area contributed by atoms with E-state index in [9.17, 15) is 4.79 Å². The molecule has 19 heavy (non-hydrogen) atoms. The highest BCUT2D eigenvalue weighted by Crippen LogP contribution is 2.56. The zero-order chi connectivity index (χ0) is 13.8. The van der Waals surface area contributed by atoms with Crippen molar-refractivity contribution in [2.45, 2.75) is 51.7 Å². The molecular weight excluding hydrogens is 245 g/mol. The Bertz CT molecular complexity index is 430. The Morgan fingerprint density at radius 3 is 2.79 bits per heavy atom. The largest absolute Gasteiger partial charge is 0.454 e. The van der Waals surface area contributed by atoms with Crippen LogP contribution >= 0.6 is 0 Å². The molecule has 4 nitrogen and oxygen atoms in total. The number of carbonyl (C=O) groups is 1. The third kappa shape index (κ3) is 1.69. The van der Waals surface area contributed by atoms with Crippen molar-refractivity contribution in [3.8, 4) is 0 Å². The van der Waals surface area contributed by atoms with Crippen molar-refractivity contribution in [3.63, 3.8) is 0 Å². The molecule has 4 heteroatoms. The predicted octanol–water partition coefficient (Wildman–Crippen LogP) is 2.79. The van der Waals surface area contributed by atoms with Gasteiger partial charge in [0.2, 0.25) is 0 Å². The van der Waals surface area contributed by atoms with Gasteiger partial charge in [-0.05, 0) is 43.8 Å². The second-order valence-corrected chi connectivity index (χ2v) is 6.55. The first-order valence-electron chi connectivity index (χ1n) is 7.22. The van der Waals surface area contributed by atoms with E-state index in [2.05, 4.69) is 17.9 Å². The molecule has 1 heterocycles. The standard InChI is InChI=1S/C15H22O4/c1-8-4-5-11-10(3)14(16)18-15(11)7-9(2)13(19-17)6-12(8)15/h7-8,10-13,17H,4-6H2,1-3H3/t8-,10-,11+,12+,13-,15-/m1/s1/i2+1. The minimum absolute atomic E-state index is 0.0226. The quantitative estimate of drug-likeness (QED) is 0.261. The average molecular weight is 267 g/mol. The van der Waals surface area contributed by atoms with Crippen LogP contribution in [0.15, 0.2) is 11.6 Å². The van der Waals surface area contributed by atoms with E-state index in [1.807, 2.05) is 13.8 Å². The van der Waals surface area contributed by atoms with E-state index < -0.39 is 5.60 Å². The van der Waals surface area contributed by atoms with E-state index in [1.54, 1.807) is 0 Å². The highest BCUT2D eigenvalue weighted by atomic mass is 17.1. The van der Waals surface area contributed by atoms with E-state index in [4.69, 9.17) is 9.99 Å². The zero-order valence-electron chi connectivity index (χ0n) is 11.8. The van der Waals surface area contributed by atoms with Gasteiger partial charge in [0.1, 0.15) is 11.7 Å². The summed E-state index contributed by atoms with van der Waals surface area (Å²) in [5, 5.41) is 9.03. The van der Waals surface area contributed by atoms with Gasteiger partial charge in [-0.2, -0.15) is 0 Å². The molecule has 0 radical (unpaired) electrons. The SMILES string of the molecule is C[C@@H]1CC[C@H]2[C@@H](C)C(=O)O[C@]23C=C([13CH3])[C@H](OO)C[C@@H]13. The molecule has 0 amide bonds. The molecule has 1 spiro atoms. The fourth-order valence-electron chi connectivity index (χ4n) is 4.46. The molecular formula is C15H22O4. The number of ether oxygens (including phenoxy) is 1. The molecule has 2 aliphatic carbocycles. The highest BCUT2D eigenvalue weighted by molar-refractivity contribution is 5.76. The molecule has 0 unspecified atom stereocenters. The third-order valence-corrected chi connectivity index (χ3v) is 5.59. The second-order valence-electron chi connectivity index (χ2n) is 6.55. The normalized spacial score (nSPS) is 49.2. The molecule has 0 aromatic heterocycles. The number of hydrogen-bond acceptors (Lipinski definition) is 4. The van der Waals surface area contributed by atoms with Gasteiger partial charge in [-0.15, -0.1) is 0 Å². The Labute approximate surface area is 113 Å². The van der Waals surface area contributed by atoms with Crippen molar-refractivity contribution in [2.75, 3.05) is 0 Å². The molecule has 3 rings (SSSR count). The summed E-state index contributed by atoms with van der Waals surface area (Å²) in [5.41, 5.74) is 0.521. The van der Waals surface area contributed by atoms with E-state index in [0.717, 1.165) is 24.8 Å². The van der Waals surface area contributed by atoms with Crippen LogP contribution in [0.1, 0.15) is 40.0 Å². The number of rotatable bonds is 1. The summed E-state index contributed by atoms with van der Waals surface area (Å²) in [6, 6.07) is 0. The Morgan fingerprint density at radius 1 is 1.37 bits per heavy atom. The Balaban J connectivity index is 2.06. The monoisotopic (exact) mass is 267 g/mol. The summed E-state index contributed by atoms with van der Waals surface area (Å²) in [6.45, 7) is 6.13. The van der Waals surface area contributed by atoms with Crippen LogP contribution in [0.5, 0.6) is 0 Å². The van der Waals surface area contributed by atoms with Crippen LogP contribution in [-0.2, 0) is 14.4 Å². The van der Waals surface area contributed by atoms with E-state index in [0.29, 0.717) is 5.92 Å². The molecule has 0 aromatic carbocycles. The molecule has 2 fully saturated rings. The minimum Gasteiger partial charge on any atom is -0.454 e. The van der Waals surface area contributed by atoms with Crippen LogP contribution < -0.4 is 0 Å². The van der Waals surface area contributed by atoms with E-state index >= 15 is 0 Å². The van der Waals surface area contributed by atoms with Crippen LogP contribution in [0, 0.1) is 23.7 Å². The summed E-state index contributed by atoms with van der Waals surface area (Å²) in [4.78, 5) is 16.6. The molecule has 1 N–H and O–H groups in total. The predicted molar refractivity (Wildman–Crippen MR) is 69.2 cm³/mol. The van der Waals surface area contributed by atoms with Crippen molar-refractivity contribution < 1.29 is 19.7 Å². The van der Waals surface area contributed by atoms with Crippen LogP contribution in [0.3, 0.4) is 0 Å². The Morgan fingerprint density at radius 2 is 2.11 bits per heavy atom. The van der Waals surface area contributed by atoms with Gasteiger partial charge >= 0.3 is 5.97 Å². The van der Waals surface area contributed by atoms with Gasteiger partial charge in [-0.25, -0.2) is 4.89 Å². The first-order chi connectivity index (χ1) is 8.99. The third-order valence-electron chi connectivity index (χ3n) is 5.59. The van der Waals surface area contributed by atoms with E-state index in [-0.39, 0.29) is 29.8 Å².